The van der Waals surface area contributed by atoms with Gasteiger partial charge in [0, 0.05) is 32.7 Å². The number of nitrogens with one attached hydrogen (secondary N) is 2. The average Bonchev–Trinajstić information content (AvgIpc) is 2.82. The van der Waals surface area contributed by atoms with Crippen LogP contribution in [0.25, 0.3) is 0 Å². The third-order valence-corrected chi connectivity index (χ3v) is 5.20. The minimum atomic E-state index is 0. The van der Waals surface area contributed by atoms with E-state index in [-0.39, 0.29) is 24.0 Å². The van der Waals surface area contributed by atoms with Crippen LogP contribution in [0.15, 0.2) is 47.5 Å². The molecule has 1 aliphatic rings. The topological polar surface area (TPSA) is 67.4 Å². The molecule has 176 valence electrons. The Hall–Kier alpha value is -2.04. The molecule has 0 radical (unpaired) electrons. The standard InChI is InChI=1S/C24H34N4O3.HI/c1-4-25-24(27-17-21-9-10-22(29-2)23(15-21)30-3)26-16-19-5-7-20(8-6-19)18-28-11-13-31-14-12-28;/h5-10,15H,4,11-14,16-18H2,1-3H3,(H2,25,26,27);1H. The van der Waals surface area contributed by atoms with Crippen LogP contribution in [0.4, 0.5) is 0 Å². The first-order chi connectivity index (χ1) is 15.2. The van der Waals surface area contributed by atoms with Gasteiger partial charge in [-0.1, -0.05) is 30.3 Å². The molecule has 2 N–H and O–H groups in total. The van der Waals surface area contributed by atoms with Crippen molar-refractivity contribution < 1.29 is 14.2 Å². The lowest BCUT2D eigenvalue weighted by atomic mass is 10.1. The maximum absolute atomic E-state index is 5.42. The Kier molecular flexibility index (Phi) is 11.6. The summed E-state index contributed by atoms with van der Waals surface area (Å²) in [5, 5.41) is 6.72. The van der Waals surface area contributed by atoms with E-state index in [4.69, 9.17) is 19.2 Å². The highest BCUT2D eigenvalue weighted by atomic mass is 127. The Morgan fingerprint density at radius 1 is 0.938 bits per heavy atom. The fourth-order valence-corrected chi connectivity index (χ4v) is 3.46. The fourth-order valence-electron chi connectivity index (χ4n) is 3.46. The van der Waals surface area contributed by atoms with E-state index in [1.165, 1.54) is 11.1 Å². The summed E-state index contributed by atoms with van der Waals surface area (Å²) in [6, 6.07) is 14.6. The number of guanidine groups is 1. The number of halogens is 1. The number of morpholine rings is 1. The van der Waals surface area contributed by atoms with Gasteiger partial charge in [-0.15, -0.1) is 24.0 Å². The molecule has 3 rings (SSSR count). The van der Waals surface area contributed by atoms with Crippen molar-refractivity contribution in [2.75, 3.05) is 47.1 Å². The summed E-state index contributed by atoms with van der Waals surface area (Å²) in [6.45, 7) is 8.79. The molecule has 7 nitrogen and oxygen atoms in total. The molecule has 1 heterocycles. The van der Waals surface area contributed by atoms with E-state index in [9.17, 15) is 0 Å². The second kappa shape index (κ2) is 14.2. The van der Waals surface area contributed by atoms with Crippen LogP contribution in [-0.2, 0) is 24.4 Å². The minimum Gasteiger partial charge on any atom is -0.493 e. The van der Waals surface area contributed by atoms with Crippen LogP contribution in [0.3, 0.4) is 0 Å². The molecule has 0 spiro atoms. The maximum Gasteiger partial charge on any atom is 0.191 e. The Bertz CT molecular complexity index is 840. The molecule has 0 aliphatic carbocycles. The molecule has 0 aromatic heterocycles. The number of nitrogens with zero attached hydrogens (tertiary/aromatic N) is 2. The molecule has 32 heavy (non-hydrogen) atoms. The van der Waals surface area contributed by atoms with E-state index < -0.39 is 0 Å². The summed E-state index contributed by atoms with van der Waals surface area (Å²) in [5.41, 5.74) is 3.62. The van der Waals surface area contributed by atoms with Crippen molar-refractivity contribution in [2.45, 2.75) is 26.6 Å². The van der Waals surface area contributed by atoms with Gasteiger partial charge in [-0.25, -0.2) is 4.99 Å². The van der Waals surface area contributed by atoms with Crippen molar-refractivity contribution in [3.8, 4) is 11.5 Å². The Morgan fingerprint density at radius 3 is 2.25 bits per heavy atom. The van der Waals surface area contributed by atoms with Gasteiger partial charge >= 0.3 is 0 Å². The van der Waals surface area contributed by atoms with Crippen LogP contribution in [0.2, 0.25) is 0 Å². The van der Waals surface area contributed by atoms with Gasteiger partial charge in [0.1, 0.15) is 0 Å². The highest BCUT2D eigenvalue weighted by Gasteiger charge is 2.10. The number of aliphatic imine (C=N–C) groups is 1. The van der Waals surface area contributed by atoms with Gasteiger partial charge in [0.05, 0.1) is 34.0 Å². The van der Waals surface area contributed by atoms with Crippen LogP contribution >= 0.6 is 24.0 Å². The molecule has 1 saturated heterocycles. The van der Waals surface area contributed by atoms with Crippen LogP contribution in [0, 0.1) is 0 Å². The first kappa shape index (κ1) is 26.2. The third kappa shape index (κ3) is 8.14. The van der Waals surface area contributed by atoms with Gasteiger partial charge < -0.3 is 24.8 Å². The summed E-state index contributed by atoms with van der Waals surface area (Å²) >= 11 is 0. The molecule has 0 bridgehead atoms. The van der Waals surface area contributed by atoms with E-state index in [1.54, 1.807) is 14.2 Å². The maximum atomic E-state index is 5.42. The second-order valence-electron chi connectivity index (χ2n) is 7.44. The Labute approximate surface area is 208 Å². The molecule has 0 atom stereocenters. The molecule has 0 amide bonds. The number of rotatable bonds is 9. The van der Waals surface area contributed by atoms with E-state index in [2.05, 4.69) is 46.7 Å². The van der Waals surface area contributed by atoms with Gasteiger partial charge in [0.15, 0.2) is 17.5 Å². The molecule has 8 heteroatoms. The lowest BCUT2D eigenvalue weighted by Gasteiger charge is -2.26. The van der Waals surface area contributed by atoms with Crippen molar-refractivity contribution in [1.29, 1.82) is 0 Å². The second-order valence-corrected chi connectivity index (χ2v) is 7.44. The summed E-state index contributed by atoms with van der Waals surface area (Å²) in [7, 11) is 3.28. The SMILES string of the molecule is CCNC(=NCc1ccc(OC)c(OC)c1)NCc1ccc(CN2CCOCC2)cc1.I. The van der Waals surface area contributed by atoms with Crippen LogP contribution < -0.4 is 20.1 Å². The van der Waals surface area contributed by atoms with Crippen molar-refractivity contribution in [3.63, 3.8) is 0 Å². The number of benzene rings is 2. The zero-order valence-electron chi connectivity index (χ0n) is 19.2. The molecule has 0 saturated carbocycles. The zero-order chi connectivity index (χ0) is 21.9. The molecule has 2 aromatic carbocycles. The number of ether oxygens (including phenoxy) is 3. The lowest BCUT2D eigenvalue weighted by Crippen LogP contribution is -2.36. The number of methoxy groups -OCH3 is 2. The predicted molar refractivity (Wildman–Crippen MR) is 139 cm³/mol. The van der Waals surface area contributed by atoms with E-state index in [1.807, 2.05) is 18.2 Å². The summed E-state index contributed by atoms with van der Waals surface area (Å²) in [5.74, 6) is 2.22. The van der Waals surface area contributed by atoms with Crippen LogP contribution in [0.5, 0.6) is 11.5 Å². The normalized spacial score (nSPS) is 14.4. The first-order valence-corrected chi connectivity index (χ1v) is 10.8. The zero-order valence-corrected chi connectivity index (χ0v) is 21.6. The van der Waals surface area contributed by atoms with Gasteiger partial charge in [-0.3, -0.25) is 4.90 Å². The fraction of sp³-hybridized carbons (Fsp3) is 0.458. The van der Waals surface area contributed by atoms with E-state index in [0.29, 0.717) is 12.3 Å². The van der Waals surface area contributed by atoms with Crippen LogP contribution in [0.1, 0.15) is 23.6 Å². The molecule has 0 unspecified atom stereocenters. The smallest absolute Gasteiger partial charge is 0.191 e. The largest absolute Gasteiger partial charge is 0.493 e. The van der Waals surface area contributed by atoms with Crippen LogP contribution in [-0.4, -0.2) is 57.9 Å². The number of hydrogen-bond acceptors (Lipinski definition) is 5. The average molecular weight is 554 g/mol. The minimum absolute atomic E-state index is 0. The molecule has 2 aromatic rings. The summed E-state index contributed by atoms with van der Waals surface area (Å²) in [4.78, 5) is 7.14. The van der Waals surface area contributed by atoms with Gasteiger partial charge in [-0.05, 0) is 35.7 Å². The Balaban J connectivity index is 0.00000363. The highest BCUT2D eigenvalue weighted by Crippen LogP contribution is 2.27. The summed E-state index contributed by atoms with van der Waals surface area (Å²) in [6.07, 6.45) is 0. The lowest BCUT2D eigenvalue weighted by molar-refractivity contribution is 0.0342. The van der Waals surface area contributed by atoms with Crippen molar-refractivity contribution >= 4 is 29.9 Å². The molecular formula is C24H35IN4O3. The molecular weight excluding hydrogens is 519 g/mol. The van der Waals surface area contributed by atoms with Gasteiger partial charge in [0.25, 0.3) is 0 Å². The first-order valence-electron chi connectivity index (χ1n) is 10.8. The van der Waals surface area contributed by atoms with E-state index in [0.717, 1.165) is 63.2 Å². The quantitative estimate of drug-likeness (QED) is 0.282. The molecule has 1 fully saturated rings. The van der Waals surface area contributed by atoms with Gasteiger partial charge in [0.2, 0.25) is 0 Å². The summed E-state index contributed by atoms with van der Waals surface area (Å²) < 4.78 is 16.1. The predicted octanol–water partition coefficient (Wildman–Crippen LogP) is 3.41. The van der Waals surface area contributed by atoms with Crippen molar-refractivity contribution in [3.05, 3.63) is 59.2 Å². The monoisotopic (exact) mass is 554 g/mol. The molecule has 1 aliphatic heterocycles. The van der Waals surface area contributed by atoms with Gasteiger partial charge in [-0.2, -0.15) is 0 Å². The Morgan fingerprint density at radius 2 is 1.59 bits per heavy atom. The van der Waals surface area contributed by atoms with E-state index >= 15 is 0 Å². The third-order valence-electron chi connectivity index (χ3n) is 5.20. The van der Waals surface area contributed by atoms with Crippen molar-refractivity contribution in [1.82, 2.24) is 15.5 Å². The number of hydrogen-bond donors (Lipinski definition) is 2. The highest BCUT2D eigenvalue weighted by molar-refractivity contribution is 14.0. The van der Waals surface area contributed by atoms with Crippen molar-refractivity contribution in [2.24, 2.45) is 4.99 Å².